The standard InChI is InChI=1S/C16H26N4O/c1-16(8-3-4-10-19(16)2)15(21)20-11-6-13(7-12-20)14-5-9-17-18-14/h5,9,13H,3-4,6-8,10-12H2,1-2H3,(H,17,18). The molecule has 0 bridgehead atoms. The molecule has 0 spiro atoms. The number of amides is 1. The maximum atomic E-state index is 12.9. The molecule has 2 saturated heterocycles. The minimum absolute atomic E-state index is 0.293. The monoisotopic (exact) mass is 290 g/mol. The fourth-order valence-electron chi connectivity index (χ4n) is 3.75. The molecule has 3 rings (SSSR count). The van der Waals surface area contributed by atoms with E-state index in [-0.39, 0.29) is 5.54 Å². The highest BCUT2D eigenvalue weighted by atomic mass is 16.2. The number of aromatic amines is 1. The maximum absolute atomic E-state index is 12.9. The second-order valence-electron chi connectivity index (χ2n) is 6.73. The van der Waals surface area contributed by atoms with Gasteiger partial charge in [0, 0.05) is 30.9 Å². The molecule has 2 aliphatic heterocycles. The molecule has 1 aromatic heterocycles. The summed E-state index contributed by atoms with van der Waals surface area (Å²) in [4.78, 5) is 17.3. The molecule has 1 atom stereocenters. The van der Waals surface area contributed by atoms with Crippen LogP contribution in [0, 0.1) is 0 Å². The van der Waals surface area contributed by atoms with Gasteiger partial charge in [-0.05, 0) is 58.7 Å². The quantitative estimate of drug-likeness (QED) is 0.906. The zero-order chi connectivity index (χ0) is 14.9. The van der Waals surface area contributed by atoms with Gasteiger partial charge in [0.15, 0.2) is 0 Å². The second-order valence-corrected chi connectivity index (χ2v) is 6.73. The van der Waals surface area contributed by atoms with Gasteiger partial charge in [0.05, 0.1) is 5.54 Å². The van der Waals surface area contributed by atoms with Crippen LogP contribution in [0.2, 0.25) is 0 Å². The number of hydrogen-bond donors (Lipinski definition) is 1. The van der Waals surface area contributed by atoms with Crippen molar-refractivity contribution in [1.82, 2.24) is 20.0 Å². The normalized spacial score (nSPS) is 28.8. The van der Waals surface area contributed by atoms with Crippen LogP contribution in [0.4, 0.5) is 0 Å². The van der Waals surface area contributed by atoms with Gasteiger partial charge in [0.2, 0.25) is 5.91 Å². The number of nitrogens with one attached hydrogen (secondary N) is 1. The molecule has 1 unspecified atom stereocenters. The number of aromatic nitrogens is 2. The number of likely N-dealkylation sites (tertiary alicyclic amines) is 2. The van der Waals surface area contributed by atoms with Crippen molar-refractivity contribution in [3.8, 4) is 0 Å². The van der Waals surface area contributed by atoms with Gasteiger partial charge in [-0.2, -0.15) is 5.10 Å². The van der Waals surface area contributed by atoms with Crippen LogP contribution in [-0.4, -0.2) is 58.1 Å². The highest BCUT2D eigenvalue weighted by Gasteiger charge is 2.42. The fourth-order valence-corrected chi connectivity index (χ4v) is 3.75. The van der Waals surface area contributed by atoms with Gasteiger partial charge in [-0.15, -0.1) is 0 Å². The average Bonchev–Trinajstić information content (AvgIpc) is 3.04. The lowest BCUT2D eigenvalue weighted by molar-refractivity contribution is -0.146. The largest absolute Gasteiger partial charge is 0.341 e. The molecule has 0 aromatic carbocycles. The molecule has 0 saturated carbocycles. The van der Waals surface area contributed by atoms with Crippen LogP contribution in [0.1, 0.15) is 50.6 Å². The van der Waals surface area contributed by atoms with Crippen LogP contribution in [0.15, 0.2) is 12.3 Å². The summed E-state index contributed by atoms with van der Waals surface area (Å²) in [5.41, 5.74) is 0.919. The van der Waals surface area contributed by atoms with E-state index in [4.69, 9.17) is 0 Å². The number of likely N-dealkylation sites (N-methyl/N-ethyl adjacent to an activating group) is 1. The number of piperidine rings is 2. The Morgan fingerprint density at radius 3 is 2.71 bits per heavy atom. The molecule has 116 valence electrons. The SMILES string of the molecule is CN1CCCCC1(C)C(=O)N1CCC(c2ccn[nH]2)CC1. The third-order valence-corrected chi connectivity index (χ3v) is 5.45. The number of carbonyl (C=O) groups is 1. The summed E-state index contributed by atoms with van der Waals surface area (Å²) < 4.78 is 0. The van der Waals surface area contributed by atoms with E-state index in [0.717, 1.165) is 45.3 Å². The molecule has 0 radical (unpaired) electrons. The lowest BCUT2D eigenvalue weighted by atomic mass is 9.86. The smallest absolute Gasteiger partial charge is 0.242 e. The van der Waals surface area contributed by atoms with E-state index in [1.807, 2.05) is 6.20 Å². The Labute approximate surface area is 126 Å². The maximum Gasteiger partial charge on any atom is 0.242 e. The molecular formula is C16H26N4O. The minimum atomic E-state index is -0.293. The fraction of sp³-hybridized carbons (Fsp3) is 0.750. The Kier molecular flexibility index (Phi) is 4.02. The summed E-state index contributed by atoms with van der Waals surface area (Å²) in [5, 5.41) is 7.10. The Hall–Kier alpha value is -1.36. The molecule has 2 aliphatic rings. The van der Waals surface area contributed by atoms with E-state index < -0.39 is 0 Å². The molecule has 3 heterocycles. The van der Waals surface area contributed by atoms with E-state index in [1.54, 1.807) is 0 Å². The number of H-pyrrole nitrogens is 1. The molecule has 21 heavy (non-hydrogen) atoms. The molecule has 5 nitrogen and oxygen atoms in total. The van der Waals surface area contributed by atoms with Crippen LogP contribution in [0.3, 0.4) is 0 Å². The van der Waals surface area contributed by atoms with Crippen LogP contribution < -0.4 is 0 Å². The van der Waals surface area contributed by atoms with Gasteiger partial charge >= 0.3 is 0 Å². The summed E-state index contributed by atoms with van der Waals surface area (Å²) in [6.45, 7) is 4.89. The van der Waals surface area contributed by atoms with Crippen molar-refractivity contribution in [1.29, 1.82) is 0 Å². The van der Waals surface area contributed by atoms with Crippen molar-refractivity contribution in [2.24, 2.45) is 0 Å². The van der Waals surface area contributed by atoms with Crippen LogP contribution in [0.25, 0.3) is 0 Å². The second kappa shape index (κ2) is 5.79. The summed E-state index contributed by atoms with van der Waals surface area (Å²) in [7, 11) is 2.09. The van der Waals surface area contributed by atoms with Crippen molar-refractivity contribution in [3.63, 3.8) is 0 Å². The topological polar surface area (TPSA) is 52.2 Å². The van der Waals surface area contributed by atoms with E-state index in [2.05, 4.69) is 40.0 Å². The first kappa shape index (κ1) is 14.6. The Morgan fingerprint density at radius 2 is 2.10 bits per heavy atom. The van der Waals surface area contributed by atoms with Crippen molar-refractivity contribution in [3.05, 3.63) is 18.0 Å². The predicted molar refractivity (Wildman–Crippen MR) is 82.0 cm³/mol. The van der Waals surface area contributed by atoms with Gasteiger partial charge in [0.1, 0.15) is 0 Å². The first-order chi connectivity index (χ1) is 10.1. The average molecular weight is 290 g/mol. The van der Waals surface area contributed by atoms with Gasteiger partial charge in [-0.3, -0.25) is 14.8 Å². The molecular weight excluding hydrogens is 264 g/mol. The van der Waals surface area contributed by atoms with Gasteiger partial charge in [-0.25, -0.2) is 0 Å². The zero-order valence-corrected chi connectivity index (χ0v) is 13.1. The van der Waals surface area contributed by atoms with Crippen molar-refractivity contribution >= 4 is 5.91 Å². The highest BCUT2D eigenvalue weighted by Crippen LogP contribution is 2.32. The highest BCUT2D eigenvalue weighted by molar-refractivity contribution is 5.86. The Morgan fingerprint density at radius 1 is 1.33 bits per heavy atom. The lowest BCUT2D eigenvalue weighted by Crippen LogP contribution is -2.59. The zero-order valence-electron chi connectivity index (χ0n) is 13.1. The van der Waals surface area contributed by atoms with E-state index in [0.29, 0.717) is 11.8 Å². The third-order valence-electron chi connectivity index (χ3n) is 5.45. The van der Waals surface area contributed by atoms with Gasteiger partial charge in [0.25, 0.3) is 0 Å². The van der Waals surface area contributed by atoms with Crippen LogP contribution >= 0.6 is 0 Å². The first-order valence-electron chi connectivity index (χ1n) is 8.11. The molecule has 0 aliphatic carbocycles. The Bertz CT molecular complexity index is 478. The minimum Gasteiger partial charge on any atom is -0.341 e. The van der Waals surface area contributed by atoms with Gasteiger partial charge in [-0.1, -0.05) is 0 Å². The summed E-state index contributed by atoms with van der Waals surface area (Å²) in [6.07, 6.45) is 7.24. The number of hydrogen-bond acceptors (Lipinski definition) is 3. The van der Waals surface area contributed by atoms with Gasteiger partial charge < -0.3 is 4.90 Å². The molecule has 5 heteroatoms. The first-order valence-corrected chi connectivity index (χ1v) is 8.11. The molecule has 1 N–H and O–H groups in total. The predicted octanol–water partition coefficient (Wildman–Crippen LogP) is 1.99. The van der Waals surface area contributed by atoms with Crippen molar-refractivity contribution < 1.29 is 4.79 Å². The number of rotatable bonds is 2. The lowest BCUT2D eigenvalue weighted by Gasteiger charge is -2.45. The van der Waals surface area contributed by atoms with Crippen LogP contribution in [-0.2, 0) is 4.79 Å². The Balaban J connectivity index is 1.62. The number of carbonyl (C=O) groups excluding carboxylic acids is 1. The van der Waals surface area contributed by atoms with E-state index in [9.17, 15) is 4.79 Å². The van der Waals surface area contributed by atoms with Crippen molar-refractivity contribution in [2.75, 3.05) is 26.7 Å². The van der Waals surface area contributed by atoms with Crippen molar-refractivity contribution in [2.45, 2.75) is 50.5 Å². The molecule has 1 amide bonds. The molecule has 2 fully saturated rings. The summed E-state index contributed by atoms with van der Waals surface area (Å²) >= 11 is 0. The summed E-state index contributed by atoms with van der Waals surface area (Å²) in [5.74, 6) is 0.848. The number of nitrogens with zero attached hydrogens (tertiary/aromatic N) is 3. The third kappa shape index (κ3) is 2.71. The van der Waals surface area contributed by atoms with E-state index in [1.165, 1.54) is 12.1 Å². The van der Waals surface area contributed by atoms with Crippen LogP contribution in [0.5, 0.6) is 0 Å². The molecule has 1 aromatic rings. The van der Waals surface area contributed by atoms with E-state index >= 15 is 0 Å². The summed E-state index contributed by atoms with van der Waals surface area (Å²) in [6, 6.07) is 2.05.